The number of aliphatic hydroxyl groups excluding tert-OH is 1. The fourth-order valence-corrected chi connectivity index (χ4v) is 8.70. The second-order valence-corrected chi connectivity index (χ2v) is 17.1. The number of aromatic nitrogens is 1. The van der Waals surface area contributed by atoms with Crippen LogP contribution < -0.4 is 0 Å². The van der Waals surface area contributed by atoms with Gasteiger partial charge >= 0.3 is 6.18 Å². The summed E-state index contributed by atoms with van der Waals surface area (Å²) in [6.07, 6.45) is 11.0. The number of alkyl halides is 3. The minimum atomic E-state index is -4.25. The molecule has 7 heteroatoms. The van der Waals surface area contributed by atoms with Crippen molar-refractivity contribution in [3.05, 3.63) is 113 Å². The number of hydrogen-bond donors (Lipinski definition) is 1. The zero-order chi connectivity index (χ0) is 40.8. The van der Waals surface area contributed by atoms with Crippen LogP contribution in [0.4, 0.5) is 13.2 Å². The molecule has 0 spiro atoms. The van der Waals surface area contributed by atoms with Gasteiger partial charge in [0.05, 0.1) is 11.2 Å². The molecule has 0 aliphatic heterocycles. The summed E-state index contributed by atoms with van der Waals surface area (Å²) in [5, 5.41) is 12.2. The first-order valence-corrected chi connectivity index (χ1v) is 20.8. The Bertz CT molecular complexity index is 2030. The van der Waals surface area contributed by atoms with Crippen molar-refractivity contribution in [3.8, 4) is 11.3 Å². The van der Waals surface area contributed by atoms with Crippen LogP contribution in [0.1, 0.15) is 147 Å². The number of ketones is 1. The van der Waals surface area contributed by atoms with Crippen LogP contribution in [-0.4, -0.2) is 22.1 Å². The molecule has 0 amide bonds. The number of aliphatic hydroxyl groups is 1. The SMILES string of the molecule is CC1(C)C(c2ccc(CC(C)(C)C(F)(F)F)cc2)=Cc2ccnc(-c3[c-]c4ccccc4c(C4CCCCC4)c3)c21.CCC(CC)C(=O)/C=C(\O)C(CC)CC.[Ir]. The number of benzene rings is 3. The predicted octanol–water partition coefficient (Wildman–Crippen LogP) is 14.6. The van der Waals surface area contributed by atoms with Gasteiger partial charge in [-0.25, -0.2) is 0 Å². The Kier molecular flexibility index (Phi) is 15.8. The Morgan fingerprint density at radius 2 is 1.53 bits per heavy atom. The number of pyridine rings is 1. The van der Waals surface area contributed by atoms with E-state index in [0.29, 0.717) is 11.5 Å². The monoisotopic (exact) mass is 957 g/mol. The van der Waals surface area contributed by atoms with Crippen molar-refractivity contribution in [1.29, 1.82) is 0 Å². The van der Waals surface area contributed by atoms with Gasteiger partial charge < -0.3 is 5.11 Å². The van der Waals surface area contributed by atoms with Crippen molar-refractivity contribution in [1.82, 2.24) is 4.98 Å². The van der Waals surface area contributed by atoms with E-state index >= 15 is 0 Å². The van der Waals surface area contributed by atoms with Gasteiger partial charge in [0.2, 0.25) is 0 Å². The van der Waals surface area contributed by atoms with Gasteiger partial charge in [-0.3, -0.25) is 9.78 Å². The Labute approximate surface area is 353 Å². The van der Waals surface area contributed by atoms with E-state index in [0.717, 1.165) is 59.0 Å². The Hall–Kier alpha value is -3.54. The number of fused-ring (bicyclic) bond motifs is 2. The van der Waals surface area contributed by atoms with Crippen LogP contribution in [0, 0.1) is 23.3 Å². The summed E-state index contributed by atoms with van der Waals surface area (Å²) < 4.78 is 40.4. The van der Waals surface area contributed by atoms with Crippen LogP contribution in [0.3, 0.4) is 0 Å². The van der Waals surface area contributed by atoms with Crippen LogP contribution >= 0.6 is 0 Å². The summed E-state index contributed by atoms with van der Waals surface area (Å²) in [5.41, 5.74) is 6.48. The maximum atomic E-state index is 13.5. The standard InChI is InChI=1S/C37H37F3N.C13H24O2.Ir/c1-35(2,37(38,39)40)23-24-14-16-26(17-15-24)32-22-28-18-19-41-34(33(28)36(32,3)4)29-20-27-12-8-9-13-30(27)31(21-29)25-10-6-5-7-11-25;1-5-10(6-2)12(14)9-13(15)11(7-3)8-4;/h8-9,12-19,21-22,25H,5-7,10-11,23H2,1-4H3;9-11,14H,5-8H2,1-4H3;/q-1;;/b;12-9-;. The fraction of sp³-hybridized carbons (Fsp3) is 0.480. The number of halogens is 3. The molecule has 6 rings (SSSR count). The Balaban J connectivity index is 0.000000385. The molecule has 0 atom stereocenters. The molecular weight excluding hydrogens is 896 g/mol. The van der Waals surface area contributed by atoms with Crippen molar-refractivity contribution < 1.29 is 43.2 Å². The number of nitrogens with zero attached hydrogens (tertiary/aromatic N) is 1. The summed E-state index contributed by atoms with van der Waals surface area (Å²) >= 11 is 0. The number of hydrogen-bond acceptors (Lipinski definition) is 3. The van der Waals surface area contributed by atoms with Crippen molar-refractivity contribution >= 4 is 28.2 Å². The molecule has 3 nitrogen and oxygen atoms in total. The molecule has 1 radical (unpaired) electrons. The average Bonchev–Trinajstić information content (AvgIpc) is 3.45. The van der Waals surface area contributed by atoms with Crippen molar-refractivity contribution in [2.24, 2.45) is 17.3 Å². The normalized spacial score (nSPS) is 15.9. The minimum Gasteiger partial charge on any atom is -0.512 e. The van der Waals surface area contributed by atoms with E-state index in [1.165, 1.54) is 68.5 Å². The first-order chi connectivity index (χ1) is 26.6. The summed E-state index contributed by atoms with van der Waals surface area (Å²) in [7, 11) is 0. The maximum Gasteiger partial charge on any atom is 0.394 e. The second kappa shape index (κ2) is 19.5. The van der Waals surface area contributed by atoms with Gasteiger partial charge in [-0.05, 0) is 84.8 Å². The van der Waals surface area contributed by atoms with E-state index in [-0.39, 0.29) is 55.3 Å². The van der Waals surface area contributed by atoms with E-state index in [1.54, 1.807) is 0 Å². The molecule has 4 aromatic rings. The van der Waals surface area contributed by atoms with E-state index in [2.05, 4.69) is 62.4 Å². The van der Waals surface area contributed by atoms with Crippen LogP contribution in [0.5, 0.6) is 0 Å². The topological polar surface area (TPSA) is 50.2 Å². The molecule has 0 saturated heterocycles. The van der Waals surface area contributed by atoms with E-state index in [4.69, 9.17) is 4.98 Å². The third-order valence-corrected chi connectivity index (χ3v) is 12.4. The quantitative estimate of drug-likeness (QED) is 0.0874. The largest absolute Gasteiger partial charge is 0.512 e. The van der Waals surface area contributed by atoms with Gasteiger partial charge in [0, 0.05) is 55.3 Å². The second-order valence-electron chi connectivity index (χ2n) is 17.1. The first kappa shape index (κ1) is 46.2. The number of allylic oxidation sites excluding steroid dienone is 3. The number of rotatable bonds is 12. The third kappa shape index (κ3) is 10.4. The fourth-order valence-electron chi connectivity index (χ4n) is 8.70. The van der Waals surface area contributed by atoms with Crippen LogP contribution in [0.2, 0.25) is 0 Å². The molecule has 309 valence electrons. The minimum absolute atomic E-state index is 0. The molecule has 0 unspecified atom stereocenters. The zero-order valence-electron chi connectivity index (χ0n) is 35.1. The summed E-state index contributed by atoms with van der Waals surface area (Å²) in [5.74, 6) is 1.10. The molecule has 1 N–H and O–H groups in total. The smallest absolute Gasteiger partial charge is 0.394 e. The van der Waals surface area contributed by atoms with Crippen molar-refractivity contribution in [2.75, 3.05) is 0 Å². The molecule has 1 fully saturated rings. The Morgan fingerprint density at radius 1 is 0.912 bits per heavy atom. The van der Waals surface area contributed by atoms with Gasteiger partial charge in [-0.1, -0.05) is 134 Å². The molecular formula is C50H61F3IrNO2-. The average molecular weight is 957 g/mol. The van der Waals surface area contributed by atoms with Gasteiger partial charge in [0.1, 0.15) is 0 Å². The van der Waals surface area contributed by atoms with Gasteiger partial charge in [0.15, 0.2) is 5.78 Å². The number of carbonyl (C=O) groups is 1. The Morgan fingerprint density at radius 3 is 2.12 bits per heavy atom. The third-order valence-electron chi connectivity index (χ3n) is 12.4. The van der Waals surface area contributed by atoms with Crippen LogP contribution in [-0.2, 0) is 36.7 Å². The van der Waals surface area contributed by atoms with E-state index < -0.39 is 11.6 Å². The van der Waals surface area contributed by atoms with E-state index in [9.17, 15) is 23.1 Å². The molecule has 3 aromatic carbocycles. The maximum absolute atomic E-state index is 13.5. The first-order valence-electron chi connectivity index (χ1n) is 20.8. The molecule has 2 aliphatic carbocycles. The van der Waals surface area contributed by atoms with Gasteiger partial charge in [0.25, 0.3) is 0 Å². The predicted molar refractivity (Wildman–Crippen MR) is 227 cm³/mol. The molecule has 1 aromatic heterocycles. The van der Waals surface area contributed by atoms with Gasteiger partial charge in [-0.2, -0.15) is 13.2 Å². The van der Waals surface area contributed by atoms with Crippen molar-refractivity contribution in [3.63, 3.8) is 0 Å². The van der Waals surface area contributed by atoms with Crippen LogP contribution in [0.25, 0.3) is 33.7 Å². The number of carbonyl (C=O) groups excluding carboxylic acids is 1. The van der Waals surface area contributed by atoms with Crippen LogP contribution in [0.15, 0.2) is 78.7 Å². The summed E-state index contributed by atoms with van der Waals surface area (Å²) in [6.45, 7) is 15.0. The zero-order valence-corrected chi connectivity index (χ0v) is 37.5. The molecule has 0 bridgehead atoms. The molecule has 1 heterocycles. The molecule has 1 saturated carbocycles. The summed E-state index contributed by atoms with van der Waals surface area (Å²) in [6, 6.07) is 24.3. The van der Waals surface area contributed by atoms with Crippen molar-refractivity contribution in [2.45, 2.75) is 137 Å². The van der Waals surface area contributed by atoms with Gasteiger partial charge in [-0.15, -0.1) is 29.1 Å². The molecule has 57 heavy (non-hydrogen) atoms. The summed E-state index contributed by atoms with van der Waals surface area (Å²) in [4.78, 5) is 16.7. The molecule has 2 aliphatic rings. The van der Waals surface area contributed by atoms with E-state index in [1.807, 2.05) is 58.2 Å².